The van der Waals surface area contributed by atoms with E-state index in [0.717, 1.165) is 4.90 Å². The quantitative estimate of drug-likeness (QED) is 0.0748. The van der Waals surface area contributed by atoms with E-state index in [1.807, 2.05) is 0 Å². The number of nitrogens with one attached hydrogen (secondary N) is 3. The Balaban J connectivity index is 1.41. The van der Waals surface area contributed by atoms with Crippen molar-refractivity contribution in [3.05, 3.63) is 0 Å². The van der Waals surface area contributed by atoms with Crippen molar-refractivity contribution in [1.29, 1.82) is 0 Å². The molecule has 0 saturated carbocycles. The molecule has 4 rings (SSSR count). The second-order valence-corrected chi connectivity index (χ2v) is 14.6. The number of nitrogens with zero attached hydrogens (tertiary/aromatic N) is 4. The van der Waals surface area contributed by atoms with Gasteiger partial charge in [0, 0.05) is 26.2 Å². The van der Waals surface area contributed by atoms with Crippen LogP contribution < -0.4 is 27.4 Å². The highest BCUT2D eigenvalue weighted by Crippen LogP contribution is 2.27. The van der Waals surface area contributed by atoms with Gasteiger partial charge in [-0.1, -0.05) is 0 Å². The van der Waals surface area contributed by atoms with Gasteiger partial charge in [0.2, 0.25) is 47.3 Å². The fraction of sp³-hybridized carbons (Fsp3) is 0.765. The first-order valence-electron chi connectivity index (χ1n) is 18.8. The lowest BCUT2D eigenvalue weighted by molar-refractivity contribution is -0.149. The average Bonchev–Trinajstić information content (AvgIpc) is 3.99. The van der Waals surface area contributed by atoms with E-state index in [0.29, 0.717) is 32.1 Å². The van der Waals surface area contributed by atoms with Gasteiger partial charge in [0.15, 0.2) is 0 Å². The largest absolute Gasteiger partial charge is 0.394 e. The van der Waals surface area contributed by atoms with Crippen molar-refractivity contribution in [3.63, 3.8) is 0 Å². The lowest BCUT2D eigenvalue weighted by Crippen LogP contribution is -2.61. The molecule has 0 spiro atoms. The minimum absolute atomic E-state index is 0.0716. The van der Waals surface area contributed by atoms with Crippen LogP contribution in [0, 0.1) is 0 Å². The number of nitrogens with two attached hydrogens (primary N) is 2. The summed E-state index contributed by atoms with van der Waals surface area (Å²) in [7, 11) is 0. The molecule has 0 aromatic heterocycles. The van der Waals surface area contributed by atoms with Crippen LogP contribution in [-0.4, -0.2) is 187 Å². The molecule has 8 amide bonds. The van der Waals surface area contributed by atoms with E-state index < -0.39 is 121 Å². The number of hydrogen-bond acceptors (Lipinski definition) is 13. The number of likely N-dealkylation sites (tertiary alicyclic amines) is 4. The molecule has 4 saturated heterocycles. The van der Waals surface area contributed by atoms with Gasteiger partial charge in [0.1, 0.15) is 48.3 Å². The molecular weight excluding hydrogens is 726 g/mol. The number of hydrogen-bond donors (Lipinski definition) is 9. The van der Waals surface area contributed by atoms with Crippen LogP contribution in [0.5, 0.6) is 0 Å². The number of aliphatic hydroxyl groups excluding tert-OH is 4. The third-order valence-electron chi connectivity index (χ3n) is 10.8. The normalized spacial score (nSPS) is 25.8. The molecule has 4 fully saturated rings. The maximum Gasteiger partial charge on any atom is 0.248 e. The summed E-state index contributed by atoms with van der Waals surface area (Å²) in [5, 5.41) is 47.3. The number of amides is 8. The Kier molecular flexibility index (Phi) is 14.9. The summed E-state index contributed by atoms with van der Waals surface area (Å²) in [5.74, 6) is -5.84. The highest BCUT2D eigenvalue weighted by atomic mass is 16.3. The van der Waals surface area contributed by atoms with Crippen molar-refractivity contribution >= 4 is 47.3 Å². The third-order valence-corrected chi connectivity index (χ3v) is 10.8. The van der Waals surface area contributed by atoms with Crippen molar-refractivity contribution in [2.45, 2.75) is 126 Å². The summed E-state index contributed by atoms with van der Waals surface area (Å²) >= 11 is 0. The molecule has 0 aromatic carbocycles. The first kappa shape index (κ1) is 43.3. The molecule has 10 atom stereocenters. The van der Waals surface area contributed by atoms with E-state index in [2.05, 4.69) is 16.0 Å². The zero-order chi connectivity index (χ0) is 40.7. The third kappa shape index (κ3) is 9.69. The van der Waals surface area contributed by atoms with E-state index in [1.165, 1.54) is 28.5 Å². The van der Waals surface area contributed by atoms with E-state index in [9.17, 15) is 58.8 Å². The van der Waals surface area contributed by atoms with Gasteiger partial charge in [0.05, 0.1) is 25.4 Å². The van der Waals surface area contributed by atoms with E-state index >= 15 is 0 Å². The van der Waals surface area contributed by atoms with Gasteiger partial charge >= 0.3 is 0 Å². The molecule has 21 heteroatoms. The zero-order valence-electron chi connectivity index (χ0n) is 31.2. The predicted octanol–water partition coefficient (Wildman–Crippen LogP) is -6.04. The average molecular weight is 782 g/mol. The van der Waals surface area contributed by atoms with Crippen molar-refractivity contribution < 1.29 is 58.8 Å². The summed E-state index contributed by atoms with van der Waals surface area (Å²) in [6.45, 7) is 1.71. The molecular formula is C34H55N9O12. The summed E-state index contributed by atoms with van der Waals surface area (Å²) < 4.78 is 0. The molecule has 0 aliphatic carbocycles. The molecule has 308 valence electrons. The summed E-state index contributed by atoms with van der Waals surface area (Å²) in [6.07, 6.45) is 0.153. The van der Waals surface area contributed by atoms with Crippen LogP contribution in [0.15, 0.2) is 0 Å². The predicted molar refractivity (Wildman–Crippen MR) is 189 cm³/mol. The molecule has 4 heterocycles. The van der Waals surface area contributed by atoms with Crippen LogP contribution in [0.25, 0.3) is 0 Å². The molecule has 4 aliphatic heterocycles. The number of primary amides is 1. The topological polar surface area (TPSA) is 319 Å². The highest BCUT2D eigenvalue weighted by Gasteiger charge is 2.46. The monoisotopic (exact) mass is 781 g/mol. The van der Waals surface area contributed by atoms with E-state index in [4.69, 9.17) is 11.5 Å². The minimum Gasteiger partial charge on any atom is -0.394 e. The fourth-order valence-corrected chi connectivity index (χ4v) is 7.73. The molecule has 0 bridgehead atoms. The first-order valence-corrected chi connectivity index (χ1v) is 18.8. The van der Waals surface area contributed by atoms with Gasteiger partial charge in [-0.25, -0.2) is 0 Å². The zero-order valence-corrected chi connectivity index (χ0v) is 31.2. The Morgan fingerprint density at radius 2 is 0.982 bits per heavy atom. The van der Waals surface area contributed by atoms with Crippen molar-refractivity contribution in [1.82, 2.24) is 35.6 Å². The van der Waals surface area contributed by atoms with Crippen molar-refractivity contribution in [2.75, 3.05) is 39.4 Å². The van der Waals surface area contributed by atoms with Gasteiger partial charge in [-0.05, 0) is 65.2 Å². The molecule has 55 heavy (non-hydrogen) atoms. The van der Waals surface area contributed by atoms with Crippen LogP contribution in [0.2, 0.25) is 0 Å². The number of carbonyl (C=O) groups is 8. The Labute approximate surface area is 318 Å². The molecule has 11 N–H and O–H groups in total. The number of rotatable bonds is 15. The fourth-order valence-electron chi connectivity index (χ4n) is 7.73. The SMILES string of the molecule is C[C@H](O)[C@H](NC(=O)[C@@H]1CCCN1C(=O)[C@@H]1CCCN1C(=O)[C@@H](N)[C@@H](C)O)C(=O)N1CCC[C@H]1C(=O)N[C@@H](CO)C(=O)N1CCC[C@H]1C(=O)N[C@@H](CO)C(N)=O. The molecule has 0 aromatic rings. The van der Waals surface area contributed by atoms with Gasteiger partial charge < -0.3 is 67.4 Å². The molecule has 0 radical (unpaired) electrons. The molecule has 0 unspecified atom stereocenters. The van der Waals surface area contributed by atoms with Crippen LogP contribution in [-0.2, 0) is 38.4 Å². The van der Waals surface area contributed by atoms with E-state index in [-0.39, 0.29) is 45.4 Å². The smallest absolute Gasteiger partial charge is 0.248 e. The van der Waals surface area contributed by atoms with Crippen LogP contribution in [0.1, 0.15) is 65.2 Å². The van der Waals surface area contributed by atoms with Crippen LogP contribution in [0.4, 0.5) is 0 Å². The van der Waals surface area contributed by atoms with Crippen molar-refractivity contribution in [3.8, 4) is 0 Å². The Bertz CT molecular complexity index is 1480. The Morgan fingerprint density at radius 1 is 0.582 bits per heavy atom. The minimum atomic E-state index is -1.52. The van der Waals surface area contributed by atoms with Gasteiger partial charge in [-0.2, -0.15) is 0 Å². The lowest BCUT2D eigenvalue weighted by atomic mass is 10.1. The van der Waals surface area contributed by atoms with Gasteiger partial charge in [0.25, 0.3) is 0 Å². The van der Waals surface area contributed by atoms with Gasteiger partial charge in [-0.15, -0.1) is 0 Å². The summed E-state index contributed by atoms with van der Waals surface area (Å²) in [6, 6.07) is -9.72. The second-order valence-electron chi connectivity index (χ2n) is 14.6. The maximum atomic E-state index is 13.9. The maximum absolute atomic E-state index is 13.9. The van der Waals surface area contributed by atoms with Crippen LogP contribution >= 0.6 is 0 Å². The second kappa shape index (κ2) is 18.9. The Morgan fingerprint density at radius 3 is 1.44 bits per heavy atom. The molecule has 21 nitrogen and oxygen atoms in total. The standard InChI is InChI=1S/C34H55N9O12/c1-17(46)25(35)33(54)43-14-6-10-24(43)32(53)41-12-4-9-23(41)30(51)39-26(18(2)47)34(55)42-13-5-8-22(42)29(50)38-20(16-45)31(52)40-11-3-7-21(40)28(49)37-19(15-44)27(36)48/h17-26,44-47H,3-16,35H2,1-2H3,(H2,36,48)(H,37,49)(H,38,50)(H,39,51)/t17-,18+,19+,20+,21+,22+,23+,24+,25+,26+/m1/s1. The highest BCUT2D eigenvalue weighted by molar-refractivity contribution is 5.98. The van der Waals surface area contributed by atoms with E-state index in [1.54, 1.807) is 0 Å². The number of carbonyl (C=O) groups excluding carboxylic acids is 8. The van der Waals surface area contributed by atoms with Crippen LogP contribution in [0.3, 0.4) is 0 Å². The molecule has 4 aliphatic rings. The van der Waals surface area contributed by atoms with Crippen molar-refractivity contribution in [2.24, 2.45) is 11.5 Å². The first-order chi connectivity index (χ1) is 26.0. The lowest BCUT2D eigenvalue weighted by Gasteiger charge is -2.34. The summed E-state index contributed by atoms with van der Waals surface area (Å²) in [4.78, 5) is 111. The van der Waals surface area contributed by atoms with Gasteiger partial charge in [-0.3, -0.25) is 38.4 Å². The Hall–Kier alpha value is -4.44. The number of aliphatic hydroxyl groups is 4. The summed E-state index contributed by atoms with van der Waals surface area (Å²) in [5.41, 5.74) is 11.0.